The van der Waals surface area contributed by atoms with Crippen LogP contribution < -0.4 is 0 Å². The molecule has 1 aromatic carbocycles. The van der Waals surface area contributed by atoms with Crippen molar-refractivity contribution in [2.24, 2.45) is 0 Å². The Bertz CT molecular complexity index is 747. The van der Waals surface area contributed by atoms with Crippen molar-refractivity contribution in [2.45, 2.75) is 13.0 Å². The van der Waals surface area contributed by atoms with Gasteiger partial charge in [0.25, 0.3) is 0 Å². The molecule has 0 aliphatic carbocycles. The Balaban J connectivity index is 2.19. The van der Waals surface area contributed by atoms with Crippen molar-refractivity contribution in [3.63, 3.8) is 0 Å². The number of esters is 1. The number of ether oxygens (including phenoxy) is 2. The molecule has 2 heterocycles. The number of aromatic nitrogens is 2. The summed E-state index contributed by atoms with van der Waals surface area (Å²) in [5.74, 6) is -0.0358. The van der Waals surface area contributed by atoms with Crippen LogP contribution in [0, 0.1) is 5.82 Å². The summed E-state index contributed by atoms with van der Waals surface area (Å²) in [7, 11) is 2.92. The molecule has 5 nitrogen and oxygen atoms in total. The van der Waals surface area contributed by atoms with E-state index in [1.165, 1.54) is 19.2 Å². The van der Waals surface area contributed by atoms with Gasteiger partial charge in [-0.3, -0.25) is 4.68 Å². The smallest absolute Gasteiger partial charge is 0.342 e. The van der Waals surface area contributed by atoms with E-state index in [9.17, 15) is 9.18 Å². The van der Waals surface area contributed by atoms with Crippen LogP contribution >= 0.6 is 0 Å². The van der Waals surface area contributed by atoms with Gasteiger partial charge < -0.3 is 9.47 Å². The fourth-order valence-corrected chi connectivity index (χ4v) is 2.51. The van der Waals surface area contributed by atoms with E-state index in [0.717, 1.165) is 5.76 Å². The van der Waals surface area contributed by atoms with E-state index in [2.05, 4.69) is 5.10 Å². The predicted molar refractivity (Wildman–Crippen MR) is 78.6 cm³/mol. The normalized spacial score (nSPS) is 13.3. The quantitative estimate of drug-likeness (QED) is 0.818. The number of benzene rings is 1. The highest BCUT2D eigenvalue weighted by atomic mass is 19.1. The van der Waals surface area contributed by atoms with E-state index in [4.69, 9.17) is 9.47 Å². The molecule has 1 aliphatic rings. The second-order valence-electron chi connectivity index (χ2n) is 4.90. The van der Waals surface area contributed by atoms with Gasteiger partial charge in [-0.15, -0.1) is 0 Å². The van der Waals surface area contributed by atoms with Gasteiger partial charge in [0.1, 0.15) is 17.1 Å². The fraction of sp³-hybridized carbons (Fsp3) is 0.250. The molecule has 0 amide bonds. The first-order chi connectivity index (χ1) is 10.6. The molecule has 1 aliphatic heterocycles. The molecule has 0 fully saturated rings. The number of carbonyl (C=O) groups is 1. The second-order valence-corrected chi connectivity index (χ2v) is 4.90. The Morgan fingerprint density at radius 2 is 2.00 bits per heavy atom. The lowest BCUT2D eigenvalue weighted by Crippen LogP contribution is -2.11. The van der Waals surface area contributed by atoms with Crippen LogP contribution in [0.5, 0.6) is 0 Å². The summed E-state index contributed by atoms with van der Waals surface area (Å²) in [5.41, 5.74) is 2.16. The predicted octanol–water partition coefficient (Wildman–Crippen LogP) is 2.87. The lowest BCUT2D eigenvalue weighted by molar-refractivity contribution is 0.0601. The molecule has 0 saturated carbocycles. The van der Waals surface area contributed by atoms with Crippen LogP contribution in [0.2, 0.25) is 0 Å². The number of hydrogen-bond acceptors (Lipinski definition) is 4. The molecule has 1 aromatic heterocycles. The molecule has 0 unspecified atom stereocenters. The third-order valence-electron chi connectivity index (χ3n) is 3.63. The maximum Gasteiger partial charge on any atom is 0.342 e. The van der Waals surface area contributed by atoms with Crippen molar-refractivity contribution in [3.05, 3.63) is 47.1 Å². The van der Waals surface area contributed by atoms with Crippen LogP contribution in [0.4, 0.5) is 4.39 Å². The molecule has 0 spiro atoms. The minimum absolute atomic E-state index is 0.339. The van der Waals surface area contributed by atoms with E-state index >= 15 is 0 Å². The molecule has 0 radical (unpaired) electrons. The van der Waals surface area contributed by atoms with Gasteiger partial charge in [-0.25, -0.2) is 9.18 Å². The number of allylic oxidation sites excluding steroid dienone is 1. The SMILES string of the molecule is COC(=O)c1c(-c2ccc(F)cc2)nn2c1C=C(OC)CC2. The Kier molecular flexibility index (Phi) is 3.66. The average molecular weight is 302 g/mol. The summed E-state index contributed by atoms with van der Waals surface area (Å²) < 4.78 is 25.0. The van der Waals surface area contributed by atoms with E-state index in [-0.39, 0.29) is 5.82 Å². The highest BCUT2D eigenvalue weighted by molar-refractivity contribution is 5.99. The van der Waals surface area contributed by atoms with Crippen LogP contribution in [0.3, 0.4) is 0 Å². The third kappa shape index (κ3) is 2.36. The van der Waals surface area contributed by atoms with Crippen LogP contribution in [0.1, 0.15) is 22.5 Å². The summed E-state index contributed by atoms with van der Waals surface area (Å²) in [5, 5.41) is 4.48. The topological polar surface area (TPSA) is 53.3 Å². The first-order valence-corrected chi connectivity index (χ1v) is 6.83. The number of carbonyl (C=O) groups excluding carboxylic acids is 1. The highest BCUT2D eigenvalue weighted by Crippen LogP contribution is 2.31. The summed E-state index contributed by atoms with van der Waals surface area (Å²) in [6.07, 6.45) is 2.49. The number of rotatable bonds is 3. The Labute approximate surface area is 127 Å². The highest BCUT2D eigenvalue weighted by Gasteiger charge is 2.26. The first-order valence-electron chi connectivity index (χ1n) is 6.83. The zero-order chi connectivity index (χ0) is 15.7. The Morgan fingerprint density at radius 1 is 1.27 bits per heavy atom. The number of methoxy groups -OCH3 is 2. The molecule has 3 rings (SSSR count). The van der Waals surface area contributed by atoms with Crippen molar-refractivity contribution in [1.82, 2.24) is 9.78 Å². The van der Waals surface area contributed by atoms with E-state index < -0.39 is 5.97 Å². The van der Waals surface area contributed by atoms with Crippen molar-refractivity contribution in [2.75, 3.05) is 14.2 Å². The van der Waals surface area contributed by atoms with Gasteiger partial charge in [0.2, 0.25) is 0 Å². The zero-order valence-electron chi connectivity index (χ0n) is 12.3. The average Bonchev–Trinajstić information content (AvgIpc) is 2.93. The molecular weight excluding hydrogens is 287 g/mol. The van der Waals surface area contributed by atoms with Gasteiger partial charge in [0, 0.05) is 24.6 Å². The first kappa shape index (κ1) is 14.3. The standard InChI is InChI=1S/C16H15FN2O3/c1-21-12-7-8-19-13(9-12)14(16(20)22-2)15(18-19)10-3-5-11(17)6-4-10/h3-6,9H,7-8H2,1-2H3. The number of halogens is 1. The van der Waals surface area contributed by atoms with Crippen LogP contribution in [-0.4, -0.2) is 30.0 Å². The largest absolute Gasteiger partial charge is 0.501 e. The van der Waals surface area contributed by atoms with Crippen LogP contribution in [0.25, 0.3) is 17.3 Å². The number of nitrogens with zero attached hydrogens (tertiary/aromatic N) is 2. The molecule has 0 N–H and O–H groups in total. The molecular formula is C16H15FN2O3. The van der Waals surface area contributed by atoms with E-state index in [1.807, 2.05) is 0 Å². The Morgan fingerprint density at radius 3 is 2.64 bits per heavy atom. The number of hydrogen-bond donors (Lipinski definition) is 0. The molecule has 6 heteroatoms. The number of aryl methyl sites for hydroxylation is 1. The lowest BCUT2D eigenvalue weighted by atomic mass is 10.0. The summed E-state index contributed by atoms with van der Waals surface area (Å²) in [6.45, 7) is 0.611. The van der Waals surface area contributed by atoms with E-state index in [0.29, 0.717) is 35.5 Å². The van der Waals surface area contributed by atoms with Crippen LogP contribution in [0.15, 0.2) is 30.0 Å². The van der Waals surface area contributed by atoms with Crippen molar-refractivity contribution in [1.29, 1.82) is 0 Å². The zero-order valence-corrected chi connectivity index (χ0v) is 12.3. The molecule has 2 aromatic rings. The maximum absolute atomic E-state index is 13.1. The molecule has 0 atom stereocenters. The number of fused-ring (bicyclic) bond motifs is 1. The second kappa shape index (κ2) is 5.63. The molecule has 22 heavy (non-hydrogen) atoms. The lowest BCUT2D eigenvalue weighted by Gasteiger charge is -2.14. The van der Waals surface area contributed by atoms with Crippen LogP contribution in [-0.2, 0) is 16.0 Å². The van der Waals surface area contributed by atoms with Gasteiger partial charge >= 0.3 is 5.97 Å². The molecule has 114 valence electrons. The summed E-state index contributed by atoms with van der Waals surface area (Å²) >= 11 is 0. The van der Waals surface area contributed by atoms with E-state index in [1.54, 1.807) is 30.0 Å². The van der Waals surface area contributed by atoms with Gasteiger partial charge in [-0.05, 0) is 24.3 Å². The van der Waals surface area contributed by atoms with Crippen molar-refractivity contribution >= 4 is 12.0 Å². The van der Waals surface area contributed by atoms with Gasteiger partial charge in [0.15, 0.2) is 0 Å². The van der Waals surface area contributed by atoms with Crippen molar-refractivity contribution < 1.29 is 18.7 Å². The van der Waals surface area contributed by atoms with Crippen molar-refractivity contribution in [3.8, 4) is 11.3 Å². The summed E-state index contributed by atoms with van der Waals surface area (Å²) in [6, 6.07) is 5.87. The minimum atomic E-state index is -0.478. The Hall–Kier alpha value is -2.63. The minimum Gasteiger partial charge on any atom is -0.501 e. The van der Waals surface area contributed by atoms with Gasteiger partial charge in [-0.2, -0.15) is 5.10 Å². The fourth-order valence-electron chi connectivity index (χ4n) is 2.51. The van der Waals surface area contributed by atoms with Gasteiger partial charge in [0.05, 0.1) is 25.7 Å². The molecule has 0 bridgehead atoms. The summed E-state index contributed by atoms with van der Waals surface area (Å²) in [4.78, 5) is 12.2. The van der Waals surface area contributed by atoms with Gasteiger partial charge in [-0.1, -0.05) is 0 Å². The maximum atomic E-state index is 13.1. The molecule has 0 saturated heterocycles. The monoisotopic (exact) mass is 302 g/mol. The third-order valence-corrected chi connectivity index (χ3v) is 3.63.